The second-order valence-electron chi connectivity index (χ2n) is 7.66. The first-order chi connectivity index (χ1) is 13.5. The highest BCUT2D eigenvalue weighted by molar-refractivity contribution is 7.10. The van der Waals surface area contributed by atoms with Gasteiger partial charge in [0.2, 0.25) is 5.91 Å². The molecule has 1 aromatic heterocycles. The molecule has 5 rings (SSSR count). The molecular weight excluding hydrogens is 384 g/mol. The van der Waals surface area contributed by atoms with Crippen LogP contribution in [0.25, 0.3) is 0 Å². The molecule has 3 aliphatic rings. The van der Waals surface area contributed by atoms with Crippen LogP contribution in [0.5, 0.6) is 0 Å². The molecule has 1 amide bonds. The fourth-order valence-electron chi connectivity index (χ4n) is 4.34. The number of nitrogens with zero attached hydrogens (tertiary/aromatic N) is 3. The molecule has 1 saturated carbocycles. The van der Waals surface area contributed by atoms with Gasteiger partial charge >= 0.3 is 0 Å². The molecular formula is C20H19F2N3O2S. The fraction of sp³-hybridized carbons (Fsp3) is 0.450. The Bertz CT molecular complexity index is 963. The molecule has 0 bridgehead atoms. The Morgan fingerprint density at radius 3 is 2.64 bits per heavy atom. The predicted molar refractivity (Wildman–Crippen MR) is 100 cm³/mol. The molecule has 2 fully saturated rings. The van der Waals surface area contributed by atoms with Crippen molar-refractivity contribution in [1.82, 2.24) is 9.88 Å². The Morgan fingerprint density at radius 1 is 1.29 bits per heavy atom. The van der Waals surface area contributed by atoms with Crippen molar-refractivity contribution in [3.05, 3.63) is 51.5 Å². The summed E-state index contributed by atoms with van der Waals surface area (Å²) in [6.07, 6.45) is 2.29. The van der Waals surface area contributed by atoms with Crippen molar-refractivity contribution in [2.45, 2.75) is 37.7 Å². The molecule has 2 unspecified atom stereocenters. The second kappa shape index (κ2) is 6.34. The van der Waals surface area contributed by atoms with Gasteiger partial charge in [0.05, 0.1) is 22.2 Å². The summed E-state index contributed by atoms with van der Waals surface area (Å²) in [5.74, 6) is -0.940. The molecule has 2 aromatic rings. The van der Waals surface area contributed by atoms with Crippen LogP contribution in [0.3, 0.4) is 0 Å². The normalized spacial score (nSPS) is 26.6. The van der Waals surface area contributed by atoms with Crippen LogP contribution in [0.15, 0.2) is 28.7 Å². The summed E-state index contributed by atoms with van der Waals surface area (Å²) in [6.45, 7) is 3.09. The largest absolute Gasteiger partial charge is 0.383 e. The third kappa shape index (κ3) is 2.65. The molecule has 28 heavy (non-hydrogen) atoms. The number of piperidine rings is 1. The predicted octanol–water partition coefficient (Wildman–Crippen LogP) is 3.80. The van der Waals surface area contributed by atoms with Gasteiger partial charge < -0.3 is 9.74 Å². The van der Waals surface area contributed by atoms with E-state index in [0.29, 0.717) is 18.1 Å². The minimum Gasteiger partial charge on any atom is -0.383 e. The highest BCUT2D eigenvalue weighted by Crippen LogP contribution is 2.61. The van der Waals surface area contributed by atoms with Gasteiger partial charge in [0, 0.05) is 37.7 Å². The highest BCUT2D eigenvalue weighted by atomic mass is 32.1. The van der Waals surface area contributed by atoms with Crippen LogP contribution >= 0.6 is 11.3 Å². The molecule has 1 aliphatic carbocycles. The first-order valence-corrected chi connectivity index (χ1v) is 10.3. The summed E-state index contributed by atoms with van der Waals surface area (Å²) in [4.78, 5) is 23.7. The topological polar surface area (TPSA) is 54.8 Å². The van der Waals surface area contributed by atoms with Crippen molar-refractivity contribution in [2.24, 2.45) is 11.1 Å². The van der Waals surface area contributed by atoms with E-state index >= 15 is 0 Å². The molecule has 0 N–H and O–H groups in total. The molecule has 8 heteroatoms. The van der Waals surface area contributed by atoms with Crippen LogP contribution in [0.1, 0.15) is 48.4 Å². The number of carbonyl (C=O) groups is 1. The Labute approximate surface area is 165 Å². The number of amides is 1. The first-order valence-electron chi connectivity index (χ1n) is 9.41. The number of aromatic nitrogens is 1. The van der Waals surface area contributed by atoms with Crippen LogP contribution in [0.4, 0.5) is 8.78 Å². The lowest BCUT2D eigenvalue weighted by atomic mass is 9.97. The summed E-state index contributed by atoms with van der Waals surface area (Å²) in [5.41, 5.74) is 0.341. The molecule has 5 nitrogen and oxygen atoms in total. The van der Waals surface area contributed by atoms with Crippen LogP contribution in [0, 0.1) is 17.6 Å². The van der Waals surface area contributed by atoms with E-state index in [1.54, 1.807) is 18.3 Å². The average Bonchev–Trinajstić information content (AvgIpc) is 3.03. The van der Waals surface area contributed by atoms with Gasteiger partial charge in [-0.3, -0.25) is 4.79 Å². The van der Waals surface area contributed by atoms with Gasteiger partial charge in [0.15, 0.2) is 5.60 Å². The summed E-state index contributed by atoms with van der Waals surface area (Å²) >= 11 is 1.58. The van der Waals surface area contributed by atoms with Crippen LogP contribution in [-0.2, 0) is 15.2 Å². The number of benzene rings is 1. The molecule has 0 radical (unpaired) electrons. The van der Waals surface area contributed by atoms with E-state index in [2.05, 4.69) is 5.16 Å². The number of fused-ring (bicyclic) bond motifs is 1. The maximum absolute atomic E-state index is 14.2. The number of likely N-dealkylation sites (tertiary alicyclic amines) is 1. The average molecular weight is 403 g/mol. The van der Waals surface area contributed by atoms with E-state index in [1.165, 1.54) is 18.2 Å². The van der Waals surface area contributed by atoms with Crippen molar-refractivity contribution in [3.8, 4) is 0 Å². The number of oxime groups is 1. The summed E-state index contributed by atoms with van der Waals surface area (Å²) < 4.78 is 28.5. The van der Waals surface area contributed by atoms with Crippen molar-refractivity contribution in [3.63, 3.8) is 0 Å². The molecule has 2 aliphatic heterocycles. The molecule has 3 heterocycles. The Morgan fingerprint density at radius 2 is 2.00 bits per heavy atom. The zero-order chi connectivity index (χ0) is 19.5. The number of thiazole rings is 1. The van der Waals surface area contributed by atoms with Gasteiger partial charge in [-0.25, -0.2) is 13.8 Å². The first kappa shape index (κ1) is 17.7. The molecule has 1 aromatic carbocycles. The highest BCUT2D eigenvalue weighted by Gasteiger charge is 2.67. The van der Waals surface area contributed by atoms with Crippen molar-refractivity contribution in [1.29, 1.82) is 0 Å². The van der Waals surface area contributed by atoms with E-state index in [1.807, 2.05) is 10.3 Å². The maximum atomic E-state index is 14.2. The van der Waals surface area contributed by atoms with Gasteiger partial charge in [0.25, 0.3) is 0 Å². The number of hydrogen-bond acceptors (Lipinski definition) is 5. The number of carbonyl (C=O) groups excluding carboxylic acids is 1. The monoisotopic (exact) mass is 403 g/mol. The second-order valence-corrected chi connectivity index (χ2v) is 8.55. The Balaban J connectivity index is 1.33. The zero-order valence-electron chi connectivity index (χ0n) is 15.3. The lowest BCUT2D eigenvalue weighted by Crippen LogP contribution is -2.36. The third-order valence-electron chi connectivity index (χ3n) is 6.01. The molecule has 1 saturated heterocycles. The molecule has 0 spiro atoms. The molecule has 146 valence electrons. The van der Waals surface area contributed by atoms with Crippen LogP contribution < -0.4 is 0 Å². The molecule has 2 atom stereocenters. The van der Waals surface area contributed by atoms with E-state index < -0.39 is 17.2 Å². The van der Waals surface area contributed by atoms with E-state index in [9.17, 15) is 13.6 Å². The minimum atomic E-state index is -1.03. The number of hydrogen-bond donors (Lipinski definition) is 0. The van der Waals surface area contributed by atoms with E-state index in [0.717, 1.165) is 36.6 Å². The lowest BCUT2D eigenvalue weighted by molar-refractivity contribution is -0.129. The fourth-order valence-corrected chi connectivity index (χ4v) is 5.33. The lowest BCUT2D eigenvalue weighted by Gasteiger charge is -2.30. The standard InChI is InChI=1S/C20H19F2N3O2S/c1-11(26)25-7-5-12(6-8-25)19-23-16(10-28-19)18-13-9-20(13,27-24-18)17-14(21)3-2-4-15(17)22/h2-4,10,12-13H,5-9H2,1H3. The Hall–Kier alpha value is -2.35. The van der Waals surface area contributed by atoms with Crippen molar-refractivity contribution >= 4 is 23.0 Å². The SMILES string of the molecule is CC(=O)N1CCC(c2nc(C3=NOC4(c5c(F)cccc5F)CC34)cs2)CC1. The summed E-state index contributed by atoms with van der Waals surface area (Å²) in [6, 6.07) is 3.85. The third-order valence-corrected chi connectivity index (χ3v) is 7.01. The summed E-state index contributed by atoms with van der Waals surface area (Å²) in [5, 5.41) is 7.11. The van der Waals surface area contributed by atoms with Crippen LogP contribution in [-0.4, -0.2) is 34.6 Å². The van der Waals surface area contributed by atoms with Crippen molar-refractivity contribution in [2.75, 3.05) is 13.1 Å². The quantitative estimate of drug-likeness (QED) is 0.783. The van der Waals surface area contributed by atoms with Gasteiger partial charge in [0.1, 0.15) is 17.3 Å². The summed E-state index contributed by atoms with van der Waals surface area (Å²) in [7, 11) is 0. The maximum Gasteiger partial charge on any atom is 0.219 e. The van der Waals surface area contributed by atoms with E-state index in [4.69, 9.17) is 9.82 Å². The Kier molecular flexibility index (Phi) is 4.01. The van der Waals surface area contributed by atoms with Gasteiger partial charge in [-0.05, 0) is 25.0 Å². The van der Waals surface area contributed by atoms with Gasteiger partial charge in [-0.15, -0.1) is 11.3 Å². The zero-order valence-corrected chi connectivity index (χ0v) is 16.1. The number of halogens is 2. The van der Waals surface area contributed by atoms with E-state index in [-0.39, 0.29) is 17.4 Å². The van der Waals surface area contributed by atoms with Gasteiger partial charge in [-0.1, -0.05) is 11.2 Å². The van der Waals surface area contributed by atoms with Crippen LogP contribution in [0.2, 0.25) is 0 Å². The smallest absolute Gasteiger partial charge is 0.219 e. The minimum absolute atomic E-state index is 0.0363. The van der Waals surface area contributed by atoms with Crippen molar-refractivity contribution < 1.29 is 18.4 Å². The van der Waals surface area contributed by atoms with Gasteiger partial charge in [-0.2, -0.15) is 0 Å². The number of rotatable bonds is 3.